The Kier molecular flexibility index (Phi) is 3.80. The lowest BCUT2D eigenvalue weighted by atomic mass is 10.0. The van der Waals surface area contributed by atoms with Crippen molar-refractivity contribution in [2.24, 2.45) is 5.92 Å². The summed E-state index contributed by atoms with van der Waals surface area (Å²) in [4.78, 5) is 30.2. The smallest absolute Gasteiger partial charge is 0.308 e. The van der Waals surface area contributed by atoms with Crippen molar-refractivity contribution in [3.05, 3.63) is 32.7 Å². The molecule has 1 aliphatic rings. The molecule has 0 saturated carbocycles. The molecule has 5 nitrogen and oxygen atoms in total. The molecule has 112 valence electrons. The average Bonchev–Trinajstić information content (AvgIpc) is 2.83. The van der Waals surface area contributed by atoms with E-state index in [9.17, 15) is 9.59 Å². The van der Waals surface area contributed by atoms with Crippen molar-refractivity contribution in [2.45, 2.75) is 46.1 Å². The average molecular weight is 306 g/mol. The number of fused-ring (bicyclic) bond motifs is 3. The van der Waals surface area contributed by atoms with Gasteiger partial charge in [-0.2, -0.15) is 0 Å². The lowest BCUT2D eigenvalue weighted by molar-refractivity contribution is -0.148. The van der Waals surface area contributed by atoms with Crippen molar-refractivity contribution in [2.75, 3.05) is 0 Å². The molecule has 0 amide bonds. The monoisotopic (exact) mass is 306 g/mol. The molecule has 2 aromatic heterocycles. The minimum Gasteiger partial charge on any atom is -0.459 e. The van der Waals surface area contributed by atoms with E-state index in [1.54, 1.807) is 29.6 Å². The van der Waals surface area contributed by atoms with Gasteiger partial charge in [-0.3, -0.25) is 14.0 Å². The molecule has 0 N–H and O–H groups in total. The van der Waals surface area contributed by atoms with E-state index in [1.807, 2.05) is 0 Å². The summed E-state index contributed by atoms with van der Waals surface area (Å²) in [7, 11) is 0. The number of esters is 1. The van der Waals surface area contributed by atoms with Crippen LogP contribution < -0.4 is 5.56 Å². The quantitative estimate of drug-likeness (QED) is 0.817. The van der Waals surface area contributed by atoms with Gasteiger partial charge in [-0.15, -0.1) is 11.3 Å². The second-order valence-corrected chi connectivity index (χ2v) is 6.71. The number of hydrogen-bond donors (Lipinski definition) is 0. The van der Waals surface area contributed by atoms with Crippen LogP contribution in [0.15, 0.2) is 10.9 Å². The molecule has 2 heterocycles. The number of nitrogens with zero attached hydrogens (tertiary/aromatic N) is 2. The molecule has 0 saturated heterocycles. The zero-order chi connectivity index (χ0) is 15.0. The summed E-state index contributed by atoms with van der Waals surface area (Å²) < 4.78 is 6.87. The molecule has 0 unspecified atom stereocenters. The fourth-order valence-electron chi connectivity index (χ4n) is 2.53. The molecule has 3 rings (SSSR count). The van der Waals surface area contributed by atoms with Crippen molar-refractivity contribution in [3.63, 3.8) is 0 Å². The van der Waals surface area contributed by atoms with Gasteiger partial charge in [-0.05, 0) is 25.7 Å². The van der Waals surface area contributed by atoms with Crippen LogP contribution in [0.25, 0.3) is 4.96 Å². The van der Waals surface area contributed by atoms with Crippen molar-refractivity contribution < 1.29 is 9.53 Å². The predicted octanol–water partition coefficient (Wildman–Crippen LogP) is 2.33. The number of carbonyl (C=O) groups is 1. The molecule has 0 fully saturated rings. The van der Waals surface area contributed by atoms with Gasteiger partial charge < -0.3 is 4.74 Å². The normalized spacial score (nSPS) is 14.4. The summed E-state index contributed by atoms with van der Waals surface area (Å²) in [5, 5.41) is 0. The van der Waals surface area contributed by atoms with E-state index in [2.05, 4.69) is 4.98 Å². The third-order valence-electron chi connectivity index (χ3n) is 3.65. The van der Waals surface area contributed by atoms with Crippen molar-refractivity contribution in [1.29, 1.82) is 0 Å². The Labute approximate surface area is 126 Å². The topological polar surface area (TPSA) is 60.7 Å². The van der Waals surface area contributed by atoms with Crippen LogP contribution in [0.2, 0.25) is 0 Å². The Morgan fingerprint density at radius 3 is 2.95 bits per heavy atom. The first-order valence-corrected chi connectivity index (χ1v) is 8.08. The Morgan fingerprint density at radius 2 is 2.19 bits per heavy atom. The number of thiazole rings is 1. The molecule has 0 aromatic carbocycles. The SMILES string of the molecule is CC(C)C(=O)OCc1cc(=O)n2c3c(sc2n1)CCCC3. The van der Waals surface area contributed by atoms with Gasteiger partial charge in [-0.25, -0.2) is 4.98 Å². The van der Waals surface area contributed by atoms with E-state index >= 15 is 0 Å². The van der Waals surface area contributed by atoms with E-state index in [0.717, 1.165) is 25.0 Å². The Balaban J connectivity index is 1.93. The predicted molar refractivity (Wildman–Crippen MR) is 80.6 cm³/mol. The fraction of sp³-hybridized carbons (Fsp3) is 0.533. The summed E-state index contributed by atoms with van der Waals surface area (Å²) in [6.07, 6.45) is 4.27. The maximum atomic E-state index is 12.3. The second-order valence-electron chi connectivity index (χ2n) is 5.65. The molecule has 1 aliphatic carbocycles. The molecule has 0 spiro atoms. The van der Waals surface area contributed by atoms with Gasteiger partial charge in [0.25, 0.3) is 5.56 Å². The summed E-state index contributed by atoms with van der Waals surface area (Å²) in [5.74, 6) is -0.452. The van der Waals surface area contributed by atoms with E-state index in [0.29, 0.717) is 10.7 Å². The van der Waals surface area contributed by atoms with Gasteiger partial charge in [0.05, 0.1) is 11.6 Å². The number of aryl methyl sites for hydroxylation is 2. The number of hydrogen-bond acceptors (Lipinski definition) is 5. The highest BCUT2D eigenvalue weighted by atomic mass is 32.1. The zero-order valence-corrected chi connectivity index (χ0v) is 13.0. The summed E-state index contributed by atoms with van der Waals surface area (Å²) in [5.41, 5.74) is 1.56. The summed E-state index contributed by atoms with van der Waals surface area (Å²) in [6, 6.07) is 1.47. The maximum absolute atomic E-state index is 12.3. The number of ether oxygens (including phenoxy) is 1. The van der Waals surface area contributed by atoms with Crippen LogP contribution in [0, 0.1) is 5.92 Å². The molecular weight excluding hydrogens is 288 g/mol. The highest BCUT2D eigenvalue weighted by Gasteiger charge is 2.18. The molecule has 0 aliphatic heterocycles. The standard InChI is InChI=1S/C15H18N2O3S/c1-9(2)14(19)20-8-10-7-13(18)17-11-5-3-4-6-12(11)21-15(17)16-10/h7,9H,3-6,8H2,1-2H3. The minimum absolute atomic E-state index is 0.0608. The van der Waals surface area contributed by atoms with Gasteiger partial charge >= 0.3 is 5.97 Å². The Bertz CT molecular complexity index is 745. The van der Waals surface area contributed by atoms with Crippen LogP contribution in [0.5, 0.6) is 0 Å². The van der Waals surface area contributed by atoms with E-state index in [4.69, 9.17) is 4.74 Å². The number of rotatable bonds is 3. The van der Waals surface area contributed by atoms with E-state index in [1.165, 1.54) is 17.4 Å². The van der Waals surface area contributed by atoms with E-state index in [-0.39, 0.29) is 24.1 Å². The molecule has 21 heavy (non-hydrogen) atoms. The van der Waals surface area contributed by atoms with Crippen LogP contribution in [-0.2, 0) is 29.0 Å². The lowest BCUT2D eigenvalue weighted by Crippen LogP contribution is -2.19. The zero-order valence-electron chi connectivity index (χ0n) is 12.2. The van der Waals surface area contributed by atoms with Crippen molar-refractivity contribution in [1.82, 2.24) is 9.38 Å². The van der Waals surface area contributed by atoms with Crippen LogP contribution in [0.1, 0.15) is 43.0 Å². The highest BCUT2D eigenvalue weighted by molar-refractivity contribution is 7.17. The summed E-state index contributed by atoms with van der Waals surface area (Å²) in [6.45, 7) is 3.62. The van der Waals surface area contributed by atoms with Crippen LogP contribution in [0.4, 0.5) is 0 Å². The maximum Gasteiger partial charge on any atom is 0.308 e. The number of aromatic nitrogens is 2. The Hall–Kier alpha value is -1.69. The molecule has 2 aromatic rings. The van der Waals surface area contributed by atoms with Gasteiger partial charge in [0.1, 0.15) is 6.61 Å². The van der Waals surface area contributed by atoms with E-state index < -0.39 is 0 Å². The number of carbonyl (C=O) groups excluding carboxylic acids is 1. The van der Waals surface area contributed by atoms with Gasteiger partial charge in [-0.1, -0.05) is 13.8 Å². The Morgan fingerprint density at radius 1 is 1.43 bits per heavy atom. The molecule has 0 atom stereocenters. The summed E-state index contributed by atoms with van der Waals surface area (Å²) >= 11 is 1.58. The first-order valence-electron chi connectivity index (χ1n) is 7.26. The van der Waals surface area contributed by atoms with Crippen LogP contribution >= 0.6 is 11.3 Å². The van der Waals surface area contributed by atoms with Gasteiger partial charge in [0.2, 0.25) is 0 Å². The first-order chi connectivity index (χ1) is 10.1. The molecule has 6 heteroatoms. The minimum atomic E-state index is -0.275. The lowest BCUT2D eigenvalue weighted by Gasteiger charge is -2.10. The molecule has 0 bridgehead atoms. The van der Waals surface area contributed by atoms with Crippen molar-refractivity contribution in [3.8, 4) is 0 Å². The fourth-order valence-corrected chi connectivity index (χ4v) is 3.76. The second kappa shape index (κ2) is 5.60. The molecular formula is C15H18N2O3S. The largest absolute Gasteiger partial charge is 0.459 e. The van der Waals surface area contributed by atoms with Crippen LogP contribution in [-0.4, -0.2) is 15.4 Å². The van der Waals surface area contributed by atoms with Crippen molar-refractivity contribution >= 4 is 22.3 Å². The third kappa shape index (κ3) is 2.72. The molecule has 0 radical (unpaired) electrons. The third-order valence-corrected chi connectivity index (χ3v) is 4.79. The van der Waals surface area contributed by atoms with Gasteiger partial charge in [0, 0.05) is 16.6 Å². The van der Waals surface area contributed by atoms with Gasteiger partial charge in [0.15, 0.2) is 4.96 Å². The highest BCUT2D eigenvalue weighted by Crippen LogP contribution is 2.28. The van der Waals surface area contributed by atoms with Crippen LogP contribution in [0.3, 0.4) is 0 Å². The first kappa shape index (κ1) is 14.3.